The molecule has 3 aromatic carbocycles. The summed E-state index contributed by atoms with van der Waals surface area (Å²) >= 11 is 5.10. The smallest absolute Gasteiger partial charge is 0.270 e. The van der Waals surface area contributed by atoms with Gasteiger partial charge >= 0.3 is 0 Å². The van der Waals surface area contributed by atoms with E-state index in [-0.39, 0.29) is 28.5 Å². The number of aromatic carboxylic acids is 1. The summed E-state index contributed by atoms with van der Waals surface area (Å²) in [5.41, 5.74) is 0.923. The number of anilines is 1. The Bertz CT molecular complexity index is 1400. The van der Waals surface area contributed by atoms with Gasteiger partial charge in [0.2, 0.25) is 0 Å². The maximum atomic E-state index is 14.3. The van der Waals surface area contributed by atoms with E-state index in [0.717, 1.165) is 10.5 Å². The van der Waals surface area contributed by atoms with E-state index < -0.39 is 23.6 Å². The van der Waals surface area contributed by atoms with E-state index in [4.69, 9.17) is 21.7 Å². The fourth-order valence-electron chi connectivity index (χ4n) is 3.47. The lowest BCUT2D eigenvalue weighted by atomic mass is 10.1. The molecule has 1 N–H and O–H groups in total. The van der Waals surface area contributed by atoms with Gasteiger partial charge in [-0.15, -0.1) is 0 Å². The first-order valence-electron chi connectivity index (χ1n) is 10.6. The van der Waals surface area contributed by atoms with E-state index >= 15 is 0 Å². The van der Waals surface area contributed by atoms with Gasteiger partial charge < -0.3 is 19.4 Å². The van der Waals surface area contributed by atoms with Gasteiger partial charge in [-0.05, 0) is 59.2 Å². The van der Waals surface area contributed by atoms with Crippen LogP contribution in [0.5, 0.6) is 11.5 Å². The quantitative estimate of drug-likeness (QED) is 0.299. The van der Waals surface area contributed by atoms with Gasteiger partial charge in [-0.3, -0.25) is 14.9 Å². The molecule has 1 aliphatic rings. The summed E-state index contributed by atoms with van der Waals surface area (Å²) in [6.45, 7) is 0.139. The lowest BCUT2D eigenvalue weighted by Crippen LogP contribution is -2.54. The Balaban J connectivity index is 1.57. The first-order chi connectivity index (χ1) is 17.3. The number of hydrogen-bond acceptors (Lipinski definition) is 7. The lowest BCUT2D eigenvalue weighted by molar-refractivity contribution is -0.255. The van der Waals surface area contributed by atoms with Crippen molar-refractivity contribution >= 4 is 46.9 Å². The summed E-state index contributed by atoms with van der Waals surface area (Å²) in [5.74, 6) is -2.69. The van der Waals surface area contributed by atoms with Crippen molar-refractivity contribution in [1.29, 1.82) is 0 Å². The molecule has 0 atom stereocenters. The van der Waals surface area contributed by atoms with E-state index in [1.54, 1.807) is 36.4 Å². The normalized spacial score (nSPS) is 14.6. The Morgan fingerprint density at radius 3 is 2.47 bits per heavy atom. The fourth-order valence-corrected chi connectivity index (χ4v) is 3.74. The molecule has 0 spiro atoms. The molecule has 3 aromatic rings. The summed E-state index contributed by atoms with van der Waals surface area (Å²) in [6.07, 6.45) is 1.35. The number of carbonyl (C=O) groups is 3. The molecule has 0 saturated carbocycles. The number of amides is 2. The minimum absolute atomic E-state index is 0.0596. The van der Waals surface area contributed by atoms with Crippen molar-refractivity contribution in [3.63, 3.8) is 0 Å². The van der Waals surface area contributed by atoms with Crippen LogP contribution in [0.3, 0.4) is 0 Å². The number of thiocarbonyl (C=S) groups is 1. The highest BCUT2D eigenvalue weighted by Gasteiger charge is 2.35. The third-order valence-electron chi connectivity index (χ3n) is 5.28. The first-order valence-corrected chi connectivity index (χ1v) is 11.0. The molecule has 1 heterocycles. The van der Waals surface area contributed by atoms with Crippen molar-refractivity contribution in [2.45, 2.75) is 6.61 Å². The van der Waals surface area contributed by atoms with Gasteiger partial charge in [0.05, 0.1) is 18.8 Å². The Morgan fingerprint density at radius 1 is 1.08 bits per heavy atom. The summed E-state index contributed by atoms with van der Waals surface area (Å²) in [5, 5.41) is 13.1. The zero-order valence-electron chi connectivity index (χ0n) is 18.8. The highest BCUT2D eigenvalue weighted by Crippen LogP contribution is 2.31. The average Bonchev–Trinajstić information content (AvgIpc) is 2.86. The number of benzene rings is 3. The number of carboxylic acids is 1. The van der Waals surface area contributed by atoms with Crippen molar-refractivity contribution in [2.24, 2.45) is 0 Å². The zero-order valence-corrected chi connectivity index (χ0v) is 19.6. The molecule has 10 heteroatoms. The molecule has 1 fully saturated rings. The van der Waals surface area contributed by atoms with Crippen LogP contribution in [0.15, 0.2) is 72.3 Å². The topological polar surface area (TPSA) is 108 Å². The number of rotatable bonds is 7. The Morgan fingerprint density at radius 2 is 1.81 bits per heavy atom. The molecule has 4 rings (SSSR count). The zero-order chi connectivity index (χ0) is 25.8. The van der Waals surface area contributed by atoms with Gasteiger partial charge in [-0.1, -0.05) is 42.5 Å². The number of carbonyl (C=O) groups excluding carboxylic acids is 3. The number of ether oxygens (including phenoxy) is 2. The standard InChI is InChI=1S/C26H19FN2O6S/c1-34-22-13-16(8-11-21(22)35-14-15-6-9-17(10-7-15)25(32)33)12-18-23(30)28-26(36)29(24(18)31)20-5-3-2-4-19(20)27/h2-13H,14H2,1H3,(H,32,33)(H,28,30,36)/p-1/b18-12-. The minimum atomic E-state index is -1.27. The van der Waals surface area contributed by atoms with Crippen molar-refractivity contribution in [2.75, 3.05) is 12.0 Å². The van der Waals surface area contributed by atoms with Crippen LogP contribution in [-0.4, -0.2) is 30.0 Å². The average molecular weight is 506 g/mol. The fraction of sp³-hybridized carbons (Fsp3) is 0.0769. The monoisotopic (exact) mass is 505 g/mol. The summed E-state index contributed by atoms with van der Waals surface area (Å²) in [6, 6.07) is 16.4. The molecule has 2 amide bonds. The molecule has 8 nitrogen and oxygen atoms in total. The molecular formula is C26H18FN2O6S-. The van der Waals surface area contributed by atoms with Crippen molar-refractivity contribution < 1.29 is 33.4 Å². The maximum absolute atomic E-state index is 14.3. The number of para-hydroxylation sites is 1. The number of halogens is 1. The van der Waals surface area contributed by atoms with Crippen LogP contribution in [0.25, 0.3) is 6.08 Å². The van der Waals surface area contributed by atoms with Gasteiger partial charge in [0.1, 0.15) is 18.0 Å². The molecule has 1 saturated heterocycles. The summed E-state index contributed by atoms with van der Waals surface area (Å²) < 4.78 is 25.5. The van der Waals surface area contributed by atoms with Crippen molar-refractivity contribution in [3.05, 3.63) is 94.8 Å². The molecule has 0 aromatic heterocycles. The molecule has 182 valence electrons. The number of carboxylic acid groups (broad SMARTS) is 1. The molecule has 0 unspecified atom stereocenters. The largest absolute Gasteiger partial charge is 0.545 e. The van der Waals surface area contributed by atoms with Gasteiger partial charge in [0.25, 0.3) is 11.8 Å². The third-order valence-corrected chi connectivity index (χ3v) is 5.56. The van der Waals surface area contributed by atoms with Gasteiger partial charge in [-0.2, -0.15) is 0 Å². The van der Waals surface area contributed by atoms with Crippen LogP contribution in [0.1, 0.15) is 21.5 Å². The Hall–Kier alpha value is -4.57. The first kappa shape index (κ1) is 24.6. The van der Waals surface area contributed by atoms with Crippen LogP contribution in [0, 0.1) is 5.82 Å². The highest BCUT2D eigenvalue weighted by molar-refractivity contribution is 7.80. The minimum Gasteiger partial charge on any atom is -0.545 e. The number of nitrogens with one attached hydrogen (secondary N) is 1. The number of hydrogen-bond donors (Lipinski definition) is 1. The van der Waals surface area contributed by atoms with E-state index in [2.05, 4.69) is 5.32 Å². The predicted molar refractivity (Wildman–Crippen MR) is 131 cm³/mol. The Kier molecular flexibility index (Phi) is 7.07. The highest BCUT2D eigenvalue weighted by atomic mass is 32.1. The molecule has 1 aliphatic heterocycles. The molecule has 0 aliphatic carbocycles. The van der Waals surface area contributed by atoms with Crippen molar-refractivity contribution in [3.8, 4) is 11.5 Å². The SMILES string of the molecule is COc1cc(/C=C2/C(=O)NC(=S)N(c3ccccc3F)C2=O)ccc1OCc1ccc(C(=O)[O-])cc1. The Labute approximate surface area is 210 Å². The molecular weight excluding hydrogens is 487 g/mol. The predicted octanol–water partition coefficient (Wildman–Crippen LogP) is 2.61. The third kappa shape index (κ3) is 5.08. The van der Waals surface area contributed by atoms with Gasteiger partial charge in [0, 0.05) is 0 Å². The summed E-state index contributed by atoms with van der Waals surface area (Å²) in [4.78, 5) is 37.4. The molecule has 36 heavy (non-hydrogen) atoms. The molecule has 0 radical (unpaired) electrons. The second-order valence-corrected chi connectivity index (χ2v) is 7.98. The van der Waals surface area contributed by atoms with Crippen LogP contribution >= 0.6 is 12.2 Å². The van der Waals surface area contributed by atoms with Crippen molar-refractivity contribution in [1.82, 2.24) is 5.32 Å². The van der Waals surface area contributed by atoms with Crippen LogP contribution in [-0.2, 0) is 16.2 Å². The number of nitrogens with zero attached hydrogens (tertiary/aromatic N) is 1. The molecule has 0 bridgehead atoms. The van der Waals surface area contributed by atoms with Gasteiger partial charge in [0.15, 0.2) is 16.6 Å². The maximum Gasteiger partial charge on any atom is 0.270 e. The second kappa shape index (κ2) is 10.4. The van der Waals surface area contributed by atoms with E-state index in [1.807, 2.05) is 0 Å². The van der Waals surface area contributed by atoms with Crippen LogP contribution in [0.2, 0.25) is 0 Å². The van der Waals surface area contributed by atoms with E-state index in [9.17, 15) is 23.9 Å². The second-order valence-electron chi connectivity index (χ2n) is 7.59. The lowest BCUT2D eigenvalue weighted by Gasteiger charge is -2.29. The summed E-state index contributed by atoms with van der Waals surface area (Å²) in [7, 11) is 1.44. The van der Waals surface area contributed by atoms with Crippen LogP contribution < -0.4 is 24.8 Å². The van der Waals surface area contributed by atoms with E-state index in [1.165, 1.54) is 43.5 Å². The van der Waals surface area contributed by atoms with Gasteiger partial charge in [-0.25, -0.2) is 9.29 Å². The van der Waals surface area contributed by atoms with Crippen LogP contribution in [0.4, 0.5) is 10.1 Å². The number of methoxy groups -OCH3 is 1. The van der Waals surface area contributed by atoms with E-state index in [0.29, 0.717) is 17.1 Å².